The van der Waals surface area contributed by atoms with Crippen molar-refractivity contribution in [3.05, 3.63) is 52.1 Å². The van der Waals surface area contributed by atoms with E-state index >= 15 is 0 Å². The van der Waals surface area contributed by atoms with Crippen molar-refractivity contribution in [3.63, 3.8) is 0 Å². The van der Waals surface area contributed by atoms with E-state index in [1.54, 1.807) is 12.1 Å². The number of methoxy groups -OCH3 is 1. The van der Waals surface area contributed by atoms with E-state index in [9.17, 15) is 20.4 Å². The molecule has 0 bridgehead atoms. The zero-order valence-electron chi connectivity index (χ0n) is 26.4. The Kier molecular flexibility index (Phi) is 9.62. The number of phenols is 1. The Morgan fingerprint density at radius 2 is 1.72 bits per heavy atom. The maximum absolute atomic E-state index is 12.1. The minimum atomic E-state index is -1.02. The van der Waals surface area contributed by atoms with Gasteiger partial charge in [0.05, 0.1) is 32.0 Å². The molecular formula is C34H43N3O9. The van der Waals surface area contributed by atoms with Gasteiger partial charge in [0.15, 0.2) is 17.7 Å². The number of aliphatic hydroxyl groups excluding tert-OH is 3. The summed E-state index contributed by atoms with van der Waals surface area (Å²) in [6, 6.07) is 7.10. The number of fused-ring (bicyclic) bond motifs is 2. The van der Waals surface area contributed by atoms with Crippen LogP contribution in [0.5, 0.6) is 34.5 Å². The molecule has 12 nitrogen and oxygen atoms in total. The van der Waals surface area contributed by atoms with E-state index in [1.807, 2.05) is 26.1 Å². The summed E-state index contributed by atoms with van der Waals surface area (Å²) in [5.41, 5.74) is 6.41. The lowest BCUT2D eigenvalue weighted by Crippen LogP contribution is -2.29. The monoisotopic (exact) mass is 637 g/mol. The van der Waals surface area contributed by atoms with Gasteiger partial charge < -0.3 is 54.7 Å². The predicted molar refractivity (Wildman–Crippen MR) is 172 cm³/mol. The van der Waals surface area contributed by atoms with Crippen molar-refractivity contribution in [2.75, 3.05) is 65.7 Å². The second-order valence-corrected chi connectivity index (χ2v) is 11.6. The van der Waals surface area contributed by atoms with Crippen LogP contribution in [-0.2, 0) is 12.8 Å². The van der Waals surface area contributed by atoms with Crippen LogP contribution in [0, 0.1) is 0 Å². The van der Waals surface area contributed by atoms with Crippen molar-refractivity contribution < 1.29 is 44.1 Å². The maximum atomic E-state index is 12.1. The molecule has 0 amide bonds. The highest BCUT2D eigenvalue weighted by atomic mass is 16.5. The van der Waals surface area contributed by atoms with E-state index in [2.05, 4.69) is 16.0 Å². The van der Waals surface area contributed by atoms with Gasteiger partial charge in [0.1, 0.15) is 30.6 Å². The second-order valence-electron chi connectivity index (χ2n) is 11.6. The molecule has 0 fully saturated rings. The molecule has 12 heteroatoms. The van der Waals surface area contributed by atoms with Crippen molar-refractivity contribution >= 4 is 5.69 Å². The molecule has 6 rings (SSSR count). The van der Waals surface area contributed by atoms with Gasteiger partial charge in [0.2, 0.25) is 5.75 Å². The minimum absolute atomic E-state index is 0.0415. The van der Waals surface area contributed by atoms with E-state index in [0.717, 1.165) is 34.5 Å². The van der Waals surface area contributed by atoms with E-state index < -0.39 is 18.2 Å². The highest BCUT2D eigenvalue weighted by Gasteiger charge is 2.41. The molecule has 3 aromatic rings. The van der Waals surface area contributed by atoms with Crippen molar-refractivity contribution in [3.8, 4) is 45.6 Å². The fourth-order valence-electron chi connectivity index (χ4n) is 6.62. The van der Waals surface area contributed by atoms with Gasteiger partial charge in [-0.3, -0.25) is 5.32 Å². The number of aromatic hydroxyl groups is 1. The Labute approximate surface area is 268 Å². The second kappa shape index (κ2) is 13.8. The number of ether oxygens (including phenoxy) is 5. The van der Waals surface area contributed by atoms with Crippen molar-refractivity contribution in [1.29, 1.82) is 0 Å². The quantitative estimate of drug-likeness (QED) is 0.102. The van der Waals surface area contributed by atoms with Gasteiger partial charge in [-0.15, -0.1) is 0 Å². The lowest BCUT2D eigenvalue weighted by Gasteiger charge is -2.39. The van der Waals surface area contributed by atoms with Crippen LogP contribution in [0.2, 0.25) is 0 Å². The van der Waals surface area contributed by atoms with Gasteiger partial charge in [0, 0.05) is 65.6 Å². The Morgan fingerprint density at radius 3 is 2.48 bits per heavy atom. The number of likely N-dealkylation sites (N-methyl/N-ethyl adjacent to an activating group) is 1. The first kappa shape index (κ1) is 32.0. The topological polar surface area (TPSA) is 163 Å². The molecule has 0 saturated heterocycles. The van der Waals surface area contributed by atoms with Gasteiger partial charge in [-0.05, 0) is 49.7 Å². The molecule has 0 spiro atoms. The van der Waals surface area contributed by atoms with Crippen LogP contribution >= 0.6 is 0 Å². The van der Waals surface area contributed by atoms with Crippen LogP contribution in [0.25, 0.3) is 11.1 Å². The van der Waals surface area contributed by atoms with Gasteiger partial charge in [-0.25, -0.2) is 0 Å². The van der Waals surface area contributed by atoms with E-state index in [4.69, 9.17) is 23.7 Å². The molecule has 0 saturated carbocycles. The first-order valence-electron chi connectivity index (χ1n) is 15.8. The largest absolute Gasteiger partial charge is 0.502 e. The van der Waals surface area contributed by atoms with E-state index in [1.165, 1.54) is 7.11 Å². The molecule has 248 valence electrons. The number of benzene rings is 3. The molecule has 7 N–H and O–H groups in total. The van der Waals surface area contributed by atoms with Crippen molar-refractivity contribution in [2.24, 2.45) is 0 Å². The summed E-state index contributed by atoms with van der Waals surface area (Å²) in [6.07, 6.45) is -0.312. The number of nitrogens with one attached hydrogen (secondary N) is 3. The number of rotatable bonds is 14. The Morgan fingerprint density at radius 1 is 0.935 bits per heavy atom. The molecule has 3 aliphatic rings. The SMILES string of the molecule is CCNCOc1cc(OCCNC)c2c3c1[C@@H](O)Nc1cc4c(c(c1-3)CC2)[C@@H](O)[C@H](c1cc(OC)c(O)c(OCCCO)c1)CO4. The number of hydrogen-bond donors (Lipinski definition) is 7. The summed E-state index contributed by atoms with van der Waals surface area (Å²) in [4.78, 5) is 0. The molecule has 0 unspecified atom stereocenters. The summed E-state index contributed by atoms with van der Waals surface area (Å²) >= 11 is 0. The molecule has 0 aromatic heterocycles. The Bertz CT molecular complexity index is 1580. The minimum Gasteiger partial charge on any atom is -0.502 e. The number of hydrogen-bond acceptors (Lipinski definition) is 12. The summed E-state index contributed by atoms with van der Waals surface area (Å²) in [5.74, 6) is 1.58. The zero-order valence-corrected chi connectivity index (χ0v) is 26.4. The van der Waals surface area contributed by atoms with Crippen LogP contribution < -0.4 is 39.6 Å². The van der Waals surface area contributed by atoms with Crippen LogP contribution in [0.4, 0.5) is 5.69 Å². The predicted octanol–water partition coefficient (Wildman–Crippen LogP) is 3.10. The van der Waals surface area contributed by atoms with Crippen LogP contribution in [0.15, 0.2) is 24.3 Å². The molecule has 2 heterocycles. The van der Waals surface area contributed by atoms with Crippen molar-refractivity contribution in [1.82, 2.24) is 10.6 Å². The first-order valence-corrected chi connectivity index (χ1v) is 15.8. The van der Waals surface area contributed by atoms with Crippen LogP contribution in [-0.4, -0.2) is 80.8 Å². The Balaban J connectivity index is 1.45. The summed E-state index contributed by atoms with van der Waals surface area (Å²) in [6.45, 7) is 4.47. The molecule has 3 atom stereocenters. The average Bonchev–Trinajstić information content (AvgIpc) is 3.05. The van der Waals surface area contributed by atoms with Crippen molar-refractivity contribution in [2.45, 2.75) is 44.4 Å². The average molecular weight is 638 g/mol. The van der Waals surface area contributed by atoms with Gasteiger partial charge in [0.25, 0.3) is 0 Å². The molecular weight excluding hydrogens is 594 g/mol. The normalized spacial score (nSPS) is 19.0. The van der Waals surface area contributed by atoms with Gasteiger partial charge in [-0.2, -0.15) is 0 Å². The van der Waals surface area contributed by atoms with Crippen LogP contribution in [0.1, 0.15) is 59.4 Å². The van der Waals surface area contributed by atoms with Gasteiger partial charge in [-0.1, -0.05) is 6.92 Å². The molecule has 3 aromatic carbocycles. The number of aliphatic hydroxyl groups is 3. The Hall–Kier alpha value is -3.94. The fourth-order valence-corrected chi connectivity index (χ4v) is 6.62. The highest BCUT2D eigenvalue weighted by Crippen LogP contribution is 2.57. The number of anilines is 1. The molecule has 2 aliphatic heterocycles. The lowest BCUT2D eigenvalue weighted by atomic mass is 9.74. The smallest absolute Gasteiger partial charge is 0.200 e. The summed E-state index contributed by atoms with van der Waals surface area (Å²) in [7, 11) is 3.33. The molecule has 0 radical (unpaired) electrons. The molecule has 1 aliphatic carbocycles. The highest BCUT2D eigenvalue weighted by molar-refractivity contribution is 5.93. The third kappa shape index (κ3) is 5.75. The zero-order chi connectivity index (χ0) is 32.4. The first-order chi connectivity index (χ1) is 22.4. The number of phenolic OH excluding ortho intramolecular Hbond substituents is 1. The molecule has 46 heavy (non-hydrogen) atoms. The third-order valence-corrected chi connectivity index (χ3v) is 8.83. The maximum Gasteiger partial charge on any atom is 0.200 e. The van der Waals surface area contributed by atoms with E-state index in [0.29, 0.717) is 66.4 Å². The van der Waals surface area contributed by atoms with Gasteiger partial charge >= 0.3 is 0 Å². The fraction of sp³-hybridized carbons (Fsp3) is 0.471. The third-order valence-electron chi connectivity index (χ3n) is 8.83. The standard InChI is InChI=1S/C34H43N3O9/c1-4-36-17-46-25-15-23(44-11-8-35-2)19-6-7-20-28-22(37-34(41)31(25)30(19)28)14-24-29(20)32(39)21(16-45-24)18-12-26(42-3)33(40)27(13-18)43-10-5-9-38/h12-15,21,32,34-41H,4-11,16-17H2,1-3H3/t21-,32-,34+/m0/s1. The summed E-state index contributed by atoms with van der Waals surface area (Å²) in [5, 5.41) is 52.9. The van der Waals surface area contributed by atoms with Crippen LogP contribution in [0.3, 0.4) is 0 Å². The lowest BCUT2D eigenvalue weighted by molar-refractivity contribution is 0.0877. The summed E-state index contributed by atoms with van der Waals surface area (Å²) < 4.78 is 29.9. The van der Waals surface area contributed by atoms with E-state index in [-0.39, 0.29) is 43.8 Å².